The Labute approximate surface area is 160 Å². The van der Waals surface area contributed by atoms with Crippen LogP contribution in [0.15, 0.2) is 65.2 Å². The van der Waals surface area contributed by atoms with Crippen LogP contribution in [0.25, 0.3) is 16.9 Å². The molecule has 28 heavy (non-hydrogen) atoms. The lowest BCUT2D eigenvalue weighted by Gasteiger charge is -2.07. The van der Waals surface area contributed by atoms with Gasteiger partial charge in [0, 0.05) is 17.7 Å². The van der Waals surface area contributed by atoms with Crippen molar-refractivity contribution in [2.24, 2.45) is 0 Å². The maximum Gasteiger partial charge on any atom is 0.295 e. The van der Waals surface area contributed by atoms with E-state index in [0.29, 0.717) is 22.9 Å². The second-order valence-electron chi connectivity index (χ2n) is 6.46. The maximum absolute atomic E-state index is 13.2. The van der Waals surface area contributed by atoms with Crippen LogP contribution in [0.3, 0.4) is 0 Å². The average Bonchev–Trinajstić information content (AvgIpc) is 3.30. The molecule has 0 atom stereocenters. The average molecular weight is 376 g/mol. The molecular weight excluding hydrogens is 359 g/mol. The molecule has 1 amide bonds. The number of rotatable bonds is 4. The fraction of sp³-hybridized carbons (Fsp3) is 0.0952. The normalized spacial score (nSPS) is 10.8. The van der Waals surface area contributed by atoms with Crippen molar-refractivity contribution >= 4 is 11.7 Å². The zero-order chi connectivity index (χ0) is 19.7. The molecule has 0 fully saturated rings. The van der Waals surface area contributed by atoms with E-state index in [4.69, 9.17) is 4.52 Å². The van der Waals surface area contributed by atoms with Gasteiger partial charge in [-0.3, -0.25) is 4.79 Å². The number of aryl methyl sites for hydroxylation is 2. The van der Waals surface area contributed by atoms with Gasteiger partial charge >= 0.3 is 0 Å². The molecule has 7 heteroatoms. The summed E-state index contributed by atoms with van der Waals surface area (Å²) >= 11 is 0. The van der Waals surface area contributed by atoms with Crippen LogP contribution in [0.5, 0.6) is 0 Å². The van der Waals surface area contributed by atoms with Crippen LogP contribution in [0.2, 0.25) is 0 Å². The summed E-state index contributed by atoms with van der Waals surface area (Å²) in [4.78, 5) is 12.6. The molecule has 2 aromatic heterocycles. The zero-order valence-electron chi connectivity index (χ0n) is 15.3. The third-order valence-electron chi connectivity index (χ3n) is 4.23. The Morgan fingerprint density at radius 1 is 1.04 bits per heavy atom. The van der Waals surface area contributed by atoms with Gasteiger partial charge in [-0.1, -0.05) is 35.0 Å². The number of nitrogens with zero attached hydrogens (tertiary/aromatic N) is 3. The van der Waals surface area contributed by atoms with E-state index in [0.717, 1.165) is 11.1 Å². The molecule has 0 spiro atoms. The minimum absolute atomic E-state index is 0.0834. The Balaban J connectivity index is 1.58. The summed E-state index contributed by atoms with van der Waals surface area (Å²) < 4.78 is 19.9. The first-order valence-corrected chi connectivity index (χ1v) is 8.67. The SMILES string of the molecule is Cc1ccc(-c2cc(C(=O)Nc3cc(C)nn3-c3ccc(F)cc3)on2)cc1. The Morgan fingerprint density at radius 3 is 2.46 bits per heavy atom. The highest BCUT2D eigenvalue weighted by Crippen LogP contribution is 2.22. The van der Waals surface area contributed by atoms with Gasteiger partial charge in [-0.05, 0) is 38.1 Å². The van der Waals surface area contributed by atoms with E-state index < -0.39 is 5.91 Å². The van der Waals surface area contributed by atoms with Crippen molar-refractivity contribution in [3.8, 4) is 16.9 Å². The summed E-state index contributed by atoms with van der Waals surface area (Å²) in [6, 6.07) is 16.9. The van der Waals surface area contributed by atoms with E-state index in [1.165, 1.54) is 16.8 Å². The van der Waals surface area contributed by atoms with Crippen LogP contribution in [-0.4, -0.2) is 20.8 Å². The minimum atomic E-state index is -0.450. The largest absolute Gasteiger partial charge is 0.350 e. The van der Waals surface area contributed by atoms with Crippen molar-refractivity contribution in [1.29, 1.82) is 0 Å². The van der Waals surface area contributed by atoms with Crippen LogP contribution in [-0.2, 0) is 0 Å². The monoisotopic (exact) mass is 376 g/mol. The van der Waals surface area contributed by atoms with E-state index in [-0.39, 0.29) is 11.6 Å². The number of carbonyl (C=O) groups excluding carboxylic acids is 1. The van der Waals surface area contributed by atoms with Gasteiger partial charge in [0.2, 0.25) is 5.76 Å². The minimum Gasteiger partial charge on any atom is -0.350 e. The highest BCUT2D eigenvalue weighted by atomic mass is 19.1. The van der Waals surface area contributed by atoms with Crippen molar-refractivity contribution in [2.75, 3.05) is 5.32 Å². The second-order valence-corrected chi connectivity index (χ2v) is 6.46. The Hall–Kier alpha value is -3.74. The van der Waals surface area contributed by atoms with Crippen LogP contribution < -0.4 is 5.32 Å². The quantitative estimate of drug-likeness (QED) is 0.568. The fourth-order valence-corrected chi connectivity index (χ4v) is 2.79. The molecule has 6 nitrogen and oxygen atoms in total. The molecule has 0 saturated carbocycles. The molecule has 4 aromatic rings. The van der Waals surface area contributed by atoms with Crippen molar-refractivity contribution < 1.29 is 13.7 Å². The number of halogens is 1. The summed E-state index contributed by atoms with van der Waals surface area (Å²) in [7, 11) is 0. The highest BCUT2D eigenvalue weighted by molar-refractivity contribution is 6.02. The van der Waals surface area contributed by atoms with Gasteiger partial charge < -0.3 is 9.84 Å². The smallest absolute Gasteiger partial charge is 0.295 e. The number of amides is 1. The standard InChI is InChI=1S/C21H17FN4O2/c1-13-3-5-15(6-4-13)18-12-19(28-25-18)21(27)23-20-11-14(2)24-26(20)17-9-7-16(22)8-10-17/h3-12H,1-2H3,(H,23,27). The van der Waals surface area contributed by atoms with Crippen molar-refractivity contribution in [3.05, 3.63) is 83.5 Å². The van der Waals surface area contributed by atoms with Crippen LogP contribution in [0.1, 0.15) is 21.8 Å². The van der Waals surface area contributed by atoms with Crippen molar-refractivity contribution in [3.63, 3.8) is 0 Å². The van der Waals surface area contributed by atoms with Crippen LogP contribution in [0.4, 0.5) is 10.2 Å². The Morgan fingerprint density at radius 2 is 1.75 bits per heavy atom. The molecule has 0 aliphatic heterocycles. The molecular formula is C21H17FN4O2. The van der Waals surface area contributed by atoms with Gasteiger partial charge in [0.05, 0.1) is 11.4 Å². The second kappa shape index (κ2) is 7.11. The number of aromatic nitrogens is 3. The molecule has 0 saturated heterocycles. The van der Waals surface area contributed by atoms with Gasteiger partial charge in [-0.2, -0.15) is 5.10 Å². The molecule has 140 valence electrons. The molecule has 1 N–H and O–H groups in total. The highest BCUT2D eigenvalue weighted by Gasteiger charge is 2.17. The van der Waals surface area contributed by atoms with Gasteiger partial charge in [-0.15, -0.1) is 0 Å². The van der Waals surface area contributed by atoms with E-state index in [1.54, 1.807) is 31.2 Å². The topological polar surface area (TPSA) is 73.0 Å². The third kappa shape index (κ3) is 3.55. The first-order valence-electron chi connectivity index (χ1n) is 8.67. The summed E-state index contributed by atoms with van der Waals surface area (Å²) in [5.74, 6) is -0.264. The number of carbonyl (C=O) groups is 1. The van der Waals surface area contributed by atoms with E-state index in [1.807, 2.05) is 31.2 Å². The third-order valence-corrected chi connectivity index (χ3v) is 4.23. The number of hydrogen-bond donors (Lipinski definition) is 1. The van der Waals surface area contributed by atoms with Crippen LogP contribution in [0, 0.1) is 19.7 Å². The predicted molar refractivity (Wildman–Crippen MR) is 103 cm³/mol. The number of hydrogen-bond acceptors (Lipinski definition) is 4. The van der Waals surface area contributed by atoms with Gasteiger partial charge in [0.25, 0.3) is 5.91 Å². The Kier molecular flexibility index (Phi) is 4.49. The summed E-state index contributed by atoms with van der Waals surface area (Å²) in [5.41, 5.74) is 3.91. The molecule has 2 heterocycles. The lowest BCUT2D eigenvalue weighted by molar-refractivity contribution is 0.0987. The first kappa shape index (κ1) is 17.7. The lowest BCUT2D eigenvalue weighted by Crippen LogP contribution is -2.14. The van der Waals surface area contributed by atoms with Gasteiger partial charge in [0.1, 0.15) is 17.3 Å². The van der Waals surface area contributed by atoms with Gasteiger partial charge in [0.15, 0.2) is 0 Å². The fourth-order valence-electron chi connectivity index (χ4n) is 2.79. The maximum atomic E-state index is 13.2. The van der Waals surface area contributed by atoms with Crippen molar-refractivity contribution in [1.82, 2.24) is 14.9 Å². The Bertz CT molecular complexity index is 1130. The summed E-state index contributed by atoms with van der Waals surface area (Å²) in [6.45, 7) is 3.80. The predicted octanol–water partition coefficient (Wildman–Crippen LogP) is 4.54. The molecule has 0 unspecified atom stereocenters. The molecule has 0 radical (unpaired) electrons. The van der Waals surface area contributed by atoms with E-state index >= 15 is 0 Å². The van der Waals surface area contributed by atoms with Gasteiger partial charge in [-0.25, -0.2) is 9.07 Å². The van der Waals surface area contributed by atoms with E-state index in [2.05, 4.69) is 15.6 Å². The molecule has 4 rings (SSSR count). The lowest BCUT2D eigenvalue weighted by atomic mass is 10.1. The summed E-state index contributed by atoms with van der Waals surface area (Å²) in [6.07, 6.45) is 0. The zero-order valence-corrected chi connectivity index (χ0v) is 15.3. The number of benzene rings is 2. The molecule has 0 aliphatic rings. The number of nitrogens with one attached hydrogen (secondary N) is 1. The molecule has 0 aliphatic carbocycles. The van der Waals surface area contributed by atoms with Crippen LogP contribution >= 0.6 is 0 Å². The molecule has 2 aromatic carbocycles. The van der Waals surface area contributed by atoms with E-state index in [9.17, 15) is 9.18 Å². The first-order chi connectivity index (χ1) is 13.5. The molecule has 0 bridgehead atoms. The van der Waals surface area contributed by atoms with Crippen molar-refractivity contribution in [2.45, 2.75) is 13.8 Å². The number of anilines is 1. The summed E-state index contributed by atoms with van der Waals surface area (Å²) in [5, 5.41) is 11.1.